The molecule has 4 nitrogen and oxygen atoms in total. The van der Waals surface area contributed by atoms with E-state index in [1.807, 2.05) is 20.3 Å². The summed E-state index contributed by atoms with van der Waals surface area (Å²) in [7, 11) is 3.86. The van der Waals surface area contributed by atoms with Crippen LogP contribution >= 0.6 is 0 Å². The number of aromatic nitrogens is 3. The lowest BCUT2D eigenvalue weighted by atomic mass is 10.0. The molecule has 0 amide bonds. The van der Waals surface area contributed by atoms with E-state index in [4.69, 9.17) is 0 Å². The first-order valence-corrected chi connectivity index (χ1v) is 5.78. The maximum absolute atomic E-state index is 4.12. The third-order valence-corrected chi connectivity index (χ3v) is 2.89. The van der Waals surface area contributed by atoms with Crippen molar-refractivity contribution < 1.29 is 0 Å². The van der Waals surface area contributed by atoms with Gasteiger partial charge in [0.2, 0.25) is 0 Å². The fourth-order valence-corrected chi connectivity index (χ4v) is 1.88. The van der Waals surface area contributed by atoms with Crippen molar-refractivity contribution in [2.24, 2.45) is 7.05 Å². The third kappa shape index (κ3) is 2.91. The quantitative estimate of drug-likeness (QED) is 0.868. The van der Waals surface area contributed by atoms with Gasteiger partial charge in [-0.1, -0.05) is 35.0 Å². The van der Waals surface area contributed by atoms with Crippen molar-refractivity contribution in [3.05, 3.63) is 47.3 Å². The van der Waals surface area contributed by atoms with Crippen LogP contribution in [0, 0.1) is 6.92 Å². The average Bonchev–Trinajstić information content (AvgIpc) is 2.73. The van der Waals surface area contributed by atoms with Crippen LogP contribution in [-0.2, 0) is 13.5 Å². The van der Waals surface area contributed by atoms with Crippen LogP contribution in [0.3, 0.4) is 0 Å². The predicted octanol–water partition coefficient (Wildman–Crippen LogP) is 1.63. The zero-order chi connectivity index (χ0) is 12.3. The molecule has 0 aliphatic rings. The maximum Gasteiger partial charge on any atom is 0.0845 e. The van der Waals surface area contributed by atoms with Gasteiger partial charge in [-0.3, -0.25) is 4.68 Å². The zero-order valence-corrected chi connectivity index (χ0v) is 10.5. The van der Waals surface area contributed by atoms with Crippen LogP contribution in [0.4, 0.5) is 0 Å². The molecule has 0 saturated heterocycles. The Kier molecular flexibility index (Phi) is 3.54. The van der Waals surface area contributed by atoms with E-state index in [2.05, 4.69) is 46.8 Å². The number of aryl methyl sites for hydroxylation is 2. The molecule has 0 saturated carbocycles. The van der Waals surface area contributed by atoms with E-state index in [9.17, 15) is 0 Å². The minimum Gasteiger partial charge on any atom is -0.313 e. The van der Waals surface area contributed by atoms with Crippen molar-refractivity contribution in [2.75, 3.05) is 7.05 Å². The van der Waals surface area contributed by atoms with E-state index in [0.717, 1.165) is 12.1 Å². The van der Waals surface area contributed by atoms with E-state index in [1.54, 1.807) is 4.68 Å². The molecule has 1 heterocycles. The van der Waals surface area contributed by atoms with Crippen molar-refractivity contribution >= 4 is 0 Å². The number of benzene rings is 1. The van der Waals surface area contributed by atoms with Crippen molar-refractivity contribution in [3.63, 3.8) is 0 Å². The van der Waals surface area contributed by atoms with Gasteiger partial charge < -0.3 is 5.32 Å². The van der Waals surface area contributed by atoms with Gasteiger partial charge in [-0.2, -0.15) is 0 Å². The second-order valence-electron chi connectivity index (χ2n) is 4.34. The van der Waals surface area contributed by atoms with Crippen LogP contribution < -0.4 is 5.32 Å². The van der Waals surface area contributed by atoms with Crippen LogP contribution in [0.2, 0.25) is 0 Å². The summed E-state index contributed by atoms with van der Waals surface area (Å²) in [4.78, 5) is 0. The Morgan fingerprint density at radius 2 is 2.00 bits per heavy atom. The lowest BCUT2D eigenvalue weighted by Crippen LogP contribution is -2.19. The second kappa shape index (κ2) is 5.10. The molecule has 1 atom stereocenters. The van der Waals surface area contributed by atoms with Gasteiger partial charge >= 0.3 is 0 Å². The fourth-order valence-electron chi connectivity index (χ4n) is 1.88. The molecule has 0 bridgehead atoms. The summed E-state index contributed by atoms with van der Waals surface area (Å²) in [5.74, 6) is 0. The Morgan fingerprint density at radius 3 is 2.53 bits per heavy atom. The van der Waals surface area contributed by atoms with Gasteiger partial charge in [-0.05, 0) is 19.5 Å². The van der Waals surface area contributed by atoms with Gasteiger partial charge in [-0.25, -0.2) is 0 Å². The number of rotatable bonds is 4. The highest BCUT2D eigenvalue weighted by atomic mass is 15.4. The van der Waals surface area contributed by atoms with Crippen LogP contribution in [0.1, 0.15) is 22.9 Å². The van der Waals surface area contributed by atoms with E-state index in [0.29, 0.717) is 0 Å². The molecule has 90 valence electrons. The Morgan fingerprint density at radius 1 is 1.29 bits per heavy atom. The lowest BCUT2D eigenvalue weighted by molar-refractivity contribution is 0.583. The van der Waals surface area contributed by atoms with Crippen LogP contribution in [0.25, 0.3) is 0 Å². The first-order chi connectivity index (χ1) is 8.19. The van der Waals surface area contributed by atoms with Crippen molar-refractivity contribution in [2.45, 2.75) is 19.4 Å². The number of nitrogens with zero attached hydrogens (tertiary/aromatic N) is 3. The Bertz CT molecular complexity index is 472. The van der Waals surface area contributed by atoms with Crippen LogP contribution in [0.5, 0.6) is 0 Å². The summed E-state index contributed by atoms with van der Waals surface area (Å²) < 4.78 is 1.73. The molecule has 0 fully saturated rings. The summed E-state index contributed by atoms with van der Waals surface area (Å²) in [6, 6.07) is 8.87. The summed E-state index contributed by atoms with van der Waals surface area (Å²) in [5.41, 5.74) is 3.57. The predicted molar refractivity (Wildman–Crippen MR) is 67.7 cm³/mol. The SMILES string of the molecule is CNC(Cc1cn(C)nn1)c1ccc(C)cc1. The number of hydrogen-bond donors (Lipinski definition) is 1. The molecule has 0 aliphatic carbocycles. The molecule has 1 aromatic heterocycles. The van der Waals surface area contributed by atoms with E-state index in [1.165, 1.54) is 11.1 Å². The molecule has 4 heteroatoms. The smallest absolute Gasteiger partial charge is 0.0845 e. The number of likely N-dealkylation sites (N-methyl/N-ethyl adjacent to an activating group) is 1. The molecule has 17 heavy (non-hydrogen) atoms. The highest BCUT2D eigenvalue weighted by molar-refractivity contribution is 5.25. The Balaban J connectivity index is 2.13. The van der Waals surface area contributed by atoms with Gasteiger partial charge in [0.25, 0.3) is 0 Å². The summed E-state index contributed by atoms with van der Waals surface area (Å²) in [6.45, 7) is 2.10. The molecular weight excluding hydrogens is 212 g/mol. The molecule has 1 unspecified atom stereocenters. The summed E-state index contributed by atoms with van der Waals surface area (Å²) >= 11 is 0. The topological polar surface area (TPSA) is 42.7 Å². The third-order valence-electron chi connectivity index (χ3n) is 2.89. The van der Waals surface area contributed by atoms with Crippen LogP contribution in [0.15, 0.2) is 30.5 Å². The first-order valence-electron chi connectivity index (χ1n) is 5.78. The van der Waals surface area contributed by atoms with E-state index >= 15 is 0 Å². The molecule has 0 spiro atoms. The van der Waals surface area contributed by atoms with Gasteiger partial charge in [0.15, 0.2) is 0 Å². The Hall–Kier alpha value is -1.68. The van der Waals surface area contributed by atoms with Crippen molar-refractivity contribution in [3.8, 4) is 0 Å². The Labute approximate surface area is 102 Å². The molecule has 2 aromatic rings. The van der Waals surface area contributed by atoms with Crippen molar-refractivity contribution in [1.29, 1.82) is 0 Å². The molecule has 2 rings (SSSR count). The van der Waals surface area contributed by atoms with Gasteiger partial charge in [0.05, 0.1) is 5.69 Å². The first kappa shape index (κ1) is 11.8. The summed E-state index contributed by atoms with van der Waals surface area (Å²) in [6.07, 6.45) is 2.81. The number of hydrogen-bond acceptors (Lipinski definition) is 3. The highest BCUT2D eigenvalue weighted by Gasteiger charge is 2.11. The zero-order valence-electron chi connectivity index (χ0n) is 10.5. The van der Waals surface area contributed by atoms with E-state index < -0.39 is 0 Å². The molecule has 0 aliphatic heterocycles. The molecule has 0 radical (unpaired) electrons. The maximum atomic E-state index is 4.12. The van der Waals surface area contributed by atoms with Gasteiger partial charge in [0, 0.05) is 25.7 Å². The minimum atomic E-state index is 0.285. The monoisotopic (exact) mass is 230 g/mol. The highest BCUT2D eigenvalue weighted by Crippen LogP contribution is 2.17. The largest absolute Gasteiger partial charge is 0.313 e. The number of nitrogens with one attached hydrogen (secondary N) is 1. The minimum absolute atomic E-state index is 0.285. The van der Waals surface area contributed by atoms with Gasteiger partial charge in [-0.15, -0.1) is 5.10 Å². The second-order valence-corrected chi connectivity index (χ2v) is 4.34. The van der Waals surface area contributed by atoms with Crippen LogP contribution in [-0.4, -0.2) is 22.0 Å². The molecule has 1 aromatic carbocycles. The van der Waals surface area contributed by atoms with Crippen molar-refractivity contribution in [1.82, 2.24) is 20.3 Å². The van der Waals surface area contributed by atoms with Gasteiger partial charge in [0.1, 0.15) is 0 Å². The average molecular weight is 230 g/mol. The van der Waals surface area contributed by atoms with E-state index in [-0.39, 0.29) is 6.04 Å². The fraction of sp³-hybridized carbons (Fsp3) is 0.385. The molecular formula is C13H18N4. The standard InChI is InChI=1S/C13H18N4/c1-10-4-6-11(7-5-10)13(14-2)8-12-9-17(3)16-15-12/h4-7,9,13-14H,8H2,1-3H3. The lowest BCUT2D eigenvalue weighted by Gasteiger charge is -2.15. The molecule has 1 N–H and O–H groups in total. The summed E-state index contributed by atoms with van der Waals surface area (Å²) in [5, 5.41) is 11.4. The normalized spacial score (nSPS) is 12.6.